The van der Waals surface area contributed by atoms with Crippen LogP contribution in [0.3, 0.4) is 0 Å². The number of anilines is 1. The average Bonchev–Trinajstić information content (AvgIpc) is 2.80. The standard InChI is InChI=1S/C24H24N2O4S/c1-18-11-12-20(31(28,29)26-13-15-30-16-14-26)17-22(18)24(27)25-23-10-6-5-9-21(23)19-7-3-2-4-8-19/h2-12,17H,13-16H2,1H3,(H,25,27). The number of nitrogens with one attached hydrogen (secondary N) is 1. The molecule has 4 rings (SSSR count). The van der Waals surface area contributed by atoms with E-state index in [4.69, 9.17) is 4.74 Å². The summed E-state index contributed by atoms with van der Waals surface area (Å²) in [6, 6.07) is 22.0. The fourth-order valence-corrected chi connectivity index (χ4v) is 5.03. The molecule has 1 heterocycles. The van der Waals surface area contributed by atoms with Crippen LogP contribution in [-0.4, -0.2) is 44.9 Å². The maximum absolute atomic E-state index is 13.1. The molecule has 0 spiro atoms. The van der Waals surface area contributed by atoms with E-state index >= 15 is 0 Å². The van der Waals surface area contributed by atoms with Crippen molar-refractivity contribution in [3.63, 3.8) is 0 Å². The second kappa shape index (κ2) is 9.01. The molecule has 0 atom stereocenters. The predicted molar refractivity (Wildman–Crippen MR) is 121 cm³/mol. The number of morpholine rings is 1. The molecule has 0 radical (unpaired) electrons. The molecule has 3 aromatic rings. The Hall–Kier alpha value is -3.00. The maximum Gasteiger partial charge on any atom is 0.255 e. The molecule has 0 aromatic heterocycles. The zero-order valence-corrected chi connectivity index (χ0v) is 18.1. The summed E-state index contributed by atoms with van der Waals surface area (Å²) in [7, 11) is -3.69. The first-order valence-electron chi connectivity index (χ1n) is 10.1. The topological polar surface area (TPSA) is 75.7 Å². The van der Waals surface area contributed by atoms with E-state index in [0.717, 1.165) is 11.1 Å². The van der Waals surface area contributed by atoms with Gasteiger partial charge in [0.05, 0.1) is 18.1 Å². The van der Waals surface area contributed by atoms with Crippen LogP contribution in [0.5, 0.6) is 0 Å². The minimum Gasteiger partial charge on any atom is -0.379 e. The molecular formula is C24H24N2O4S. The predicted octanol–water partition coefficient (Wildman–Crippen LogP) is 3.94. The van der Waals surface area contributed by atoms with Gasteiger partial charge in [-0.15, -0.1) is 0 Å². The summed E-state index contributed by atoms with van der Waals surface area (Å²) in [5.41, 5.74) is 3.58. The normalized spacial score (nSPS) is 14.9. The lowest BCUT2D eigenvalue weighted by Crippen LogP contribution is -2.40. The van der Waals surface area contributed by atoms with Gasteiger partial charge in [-0.25, -0.2) is 8.42 Å². The summed E-state index contributed by atoms with van der Waals surface area (Å²) < 4.78 is 32.7. The van der Waals surface area contributed by atoms with Crippen molar-refractivity contribution in [2.24, 2.45) is 0 Å². The van der Waals surface area contributed by atoms with Crippen LogP contribution in [0.25, 0.3) is 11.1 Å². The number of hydrogen-bond donors (Lipinski definition) is 1. The van der Waals surface area contributed by atoms with Gasteiger partial charge in [0.15, 0.2) is 0 Å². The summed E-state index contributed by atoms with van der Waals surface area (Å²) in [5.74, 6) is -0.347. The number of hydrogen-bond acceptors (Lipinski definition) is 4. The largest absolute Gasteiger partial charge is 0.379 e. The maximum atomic E-state index is 13.1. The highest BCUT2D eigenvalue weighted by atomic mass is 32.2. The van der Waals surface area contributed by atoms with Crippen molar-refractivity contribution in [1.29, 1.82) is 0 Å². The van der Waals surface area contributed by atoms with Crippen molar-refractivity contribution >= 4 is 21.6 Å². The fraction of sp³-hybridized carbons (Fsp3) is 0.208. The van der Waals surface area contributed by atoms with Crippen molar-refractivity contribution in [3.8, 4) is 11.1 Å². The lowest BCUT2D eigenvalue weighted by molar-refractivity contribution is 0.0730. The van der Waals surface area contributed by atoms with Crippen molar-refractivity contribution in [2.45, 2.75) is 11.8 Å². The van der Waals surface area contributed by atoms with Crippen LogP contribution < -0.4 is 5.32 Å². The number of nitrogens with zero attached hydrogens (tertiary/aromatic N) is 1. The number of amides is 1. The zero-order valence-electron chi connectivity index (χ0n) is 17.2. The van der Waals surface area contributed by atoms with Crippen LogP contribution in [0, 0.1) is 6.92 Å². The van der Waals surface area contributed by atoms with Gasteiger partial charge in [0.1, 0.15) is 0 Å². The molecule has 1 saturated heterocycles. The minimum atomic E-state index is -3.69. The molecular weight excluding hydrogens is 412 g/mol. The summed E-state index contributed by atoms with van der Waals surface area (Å²) in [6.07, 6.45) is 0. The molecule has 31 heavy (non-hydrogen) atoms. The minimum absolute atomic E-state index is 0.112. The molecule has 1 amide bonds. The number of benzene rings is 3. The molecule has 160 valence electrons. The summed E-state index contributed by atoms with van der Waals surface area (Å²) >= 11 is 0. The molecule has 1 N–H and O–H groups in total. The van der Waals surface area contributed by atoms with Crippen molar-refractivity contribution in [3.05, 3.63) is 83.9 Å². The van der Waals surface area contributed by atoms with Crippen molar-refractivity contribution in [1.82, 2.24) is 4.31 Å². The number of carbonyl (C=O) groups is 1. The van der Waals surface area contributed by atoms with E-state index in [2.05, 4.69) is 5.32 Å². The van der Waals surface area contributed by atoms with Gasteiger partial charge in [0.2, 0.25) is 10.0 Å². The molecule has 0 bridgehead atoms. The third-order valence-electron chi connectivity index (χ3n) is 5.32. The number of carbonyl (C=O) groups excluding carboxylic acids is 1. The Bertz CT molecular complexity index is 1190. The van der Waals surface area contributed by atoms with Gasteiger partial charge >= 0.3 is 0 Å². The lowest BCUT2D eigenvalue weighted by atomic mass is 10.0. The van der Waals surface area contributed by atoms with E-state index < -0.39 is 10.0 Å². The lowest BCUT2D eigenvalue weighted by Gasteiger charge is -2.26. The summed E-state index contributed by atoms with van der Waals surface area (Å²) in [5, 5.41) is 2.96. The Kier molecular flexibility index (Phi) is 6.18. The number of rotatable bonds is 5. The molecule has 3 aromatic carbocycles. The Morgan fingerprint density at radius 3 is 2.35 bits per heavy atom. The monoisotopic (exact) mass is 436 g/mol. The van der Waals surface area contributed by atoms with Gasteiger partial charge < -0.3 is 10.1 Å². The van der Waals surface area contributed by atoms with E-state index in [1.807, 2.05) is 54.6 Å². The molecule has 0 saturated carbocycles. The molecule has 1 aliphatic heterocycles. The Morgan fingerprint density at radius 2 is 1.61 bits per heavy atom. The van der Waals surface area contributed by atoms with Crippen LogP contribution in [-0.2, 0) is 14.8 Å². The SMILES string of the molecule is Cc1ccc(S(=O)(=O)N2CCOCC2)cc1C(=O)Nc1ccccc1-c1ccccc1. The first-order valence-corrected chi connectivity index (χ1v) is 11.6. The summed E-state index contributed by atoms with van der Waals surface area (Å²) in [4.78, 5) is 13.2. The molecule has 1 fully saturated rings. The van der Waals surface area contributed by atoms with Crippen LogP contribution in [0.4, 0.5) is 5.69 Å². The van der Waals surface area contributed by atoms with Gasteiger partial charge in [0, 0.05) is 29.9 Å². The smallest absolute Gasteiger partial charge is 0.255 e. The second-order valence-electron chi connectivity index (χ2n) is 7.36. The molecule has 7 heteroatoms. The van der Waals surface area contributed by atoms with E-state index in [1.165, 1.54) is 10.4 Å². The third kappa shape index (κ3) is 4.54. The number of ether oxygens (including phenoxy) is 1. The molecule has 0 aliphatic carbocycles. The Labute approximate surface area is 182 Å². The van der Waals surface area contributed by atoms with E-state index in [-0.39, 0.29) is 10.8 Å². The zero-order chi connectivity index (χ0) is 21.8. The first-order chi connectivity index (χ1) is 15.0. The van der Waals surface area contributed by atoms with Gasteiger partial charge in [-0.1, -0.05) is 54.6 Å². The van der Waals surface area contributed by atoms with E-state index in [9.17, 15) is 13.2 Å². The molecule has 6 nitrogen and oxygen atoms in total. The Balaban J connectivity index is 1.64. The number of aryl methyl sites for hydroxylation is 1. The molecule has 1 aliphatic rings. The number of sulfonamides is 1. The third-order valence-corrected chi connectivity index (χ3v) is 7.22. The molecule has 0 unspecified atom stereocenters. The second-order valence-corrected chi connectivity index (χ2v) is 9.30. The van der Waals surface area contributed by atoms with E-state index in [1.54, 1.807) is 19.1 Å². The van der Waals surface area contributed by atoms with Crippen LogP contribution in [0.1, 0.15) is 15.9 Å². The van der Waals surface area contributed by atoms with Crippen molar-refractivity contribution < 1.29 is 17.9 Å². The highest BCUT2D eigenvalue weighted by molar-refractivity contribution is 7.89. The number of para-hydroxylation sites is 1. The van der Waals surface area contributed by atoms with Gasteiger partial charge in [-0.05, 0) is 36.2 Å². The van der Waals surface area contributed by atoms with Crippen LogP contribution in [0.15, 0.2) is 77.7 Å². The van der Waals surface area contributed by atoms with Gasteiger partial charge in [-0.3, -0.25) is 4.79 Å². The van der Waals surface area contributed by atoms with Crippen LogP contribution in [0.2, 0.25) is 0 Å². The highest BCUT2D eigenvalue weighted by Crippen LogP contribution is 2.28. The first kappa shape index (κ1) is 21.2. The summed E-state index contributed by atoms with van der Waals surface area (Å²) in [6.45, 7) is 3.15. The fourth-order valence-electron chi connectivity index (χ4n) is 3.59. The van der Waals surface area contributed by atoms with Crippen LogP contribution >= 0.6 is 0 Å². The van der Waals surface area contributed by atoms with Crippen molar-refractivity contribution in [2.75, 3.05) is 31.6 Å². The average molecular weight is 437 g/mol. The van der Waals surface area contributed by atoms with Gasteiger partial charge in [-0.2, -0.15) is 4.31 Å². The van der Waals surface area contributed by atoms with Gasteiger partial charge in [0.25, 0.3) is 5.91 Å². The highest BCUT2D eigenvalue weighted by Gasteiger charge is 2.27. The van der Waals surface area contributed by atoms with E-state index in [0.29, 0.717) is 43.1 Å². The Morgan fingerprint density at radius 1 is 0.935 bits per heavy atom. The quantitative estimate of drug-likeness (QED) is 0.657.